The highest BCUT2D eigenvalue weighted by Crippen LogP contribution is 2.31. The first-order valence-electron chi connectivity index (χ1n) is 7.77. The van der Waals surface area contributed by atoms with E-state index in [9.17, 15) is 0 Å². The zero-order chi connectivity index (χ0) is 14.2. The Kier molecular flexibility index (Phi) is 3.55. The Morgan fingerprint density at radius 1 is 1.15 bits per heavy atom. The summed E-state index contributed by atoms with van der Waals surface area (Å²) in [5, 5.41) is 3.57. The number of aryl methyl sites for hydroxylation is 2. The molecule has 0 bridgehead atoms. The Morgan fingerprint density at radius 3 is 2.55 bits per heavy atom. The Hall–Kier alpha value is -1.35. The SMILES string of the molecule is CNC1(Cc2nc3cc(C)c(C)cc3[nH]2)CCCCC1. The van der Waals surface area contributed by atoms with Gasteiger partial charge in [-0.25, -0.2) is 4.98 Å². The molecule has 3 rings (SSSR count). The van der Waals surface area contributed by atoms with E-state index in [0.29, 0.717) is 0 Å². The van der Waals surface area contributed by atoms with Gasteiger partial charge in [-0.1, -0.05) is 19.3 Å². The monoisotopic (exact) mass is 271 g/mol. The van der Waals surface area contributed by atoms with Crippen LogP contribution in [0.15, 0.2) is 12.1 Å². The molecule has 0 amide bonds. The third-order valence-corrected chi connectivity index (χ3v) is 4.99. The van der Waals surface area contributed by atoms with Crippen molar-refractivity contribution < 1.29 is 0 Å². The highest BCUT2D eigenvalue weighted by Gasteiger charge is 2.31. The quantitative estimate of drug-likeness (QED) is 0.894. The number of hydrogen-bond donors (Lipinski definition) is 2. The van der Waals surface area contributed by atoms with Crippen LogP contribution < -0.4 is 5.32 Å². The van der Waals surface area contributed by atoms with E-state index in [2.05, 4.69) is 43.3 Å². The molecule has 1 aromatic heterocycles. The first-order chi connectivity index (χ1) is 9.62. The molecular formula is C17H25N3. The fourth-order valence-electron chi connectivity index (χ4n) is 3.47. The van der Waals surface area contributed by atoms with Crippen molar-refractivity contribution in [3.63, 3.8) is 0 Å². The zero-order valence-electron chi connectivity index (χ0n) is 12.8. The van der Waals surface area contributed by atoms with Crippen molar-refractivity contribution >= 4 is 11.0 Å². The average Bonchev–Trinajstić information content (AvgIpc) is 2.81. The van der Waals surface area contributed by atoms with Crippen molar-refractivity contribution in [1.29, 1.82) is 0 Å². The molecule has 0 unspecified atom stereocenters. The van der Waals surface area contributed by atoms with Gasteiger partial charge < -0.3 is 10.3 Å². The highest BCUT2D eigenvalue weighted by atomic mass is 15.0. The molecule has 3 heteroatoms. The van der Waals surface area contributed by atoms with Crippen molar-refractivity contribution in [2.75, 3.05) is 7.05 Å². The van der Waals surface area contributed by atoms with Gasteiger partial charge in [0.15, 0.2) is 0 Å². The van der Waals surface area contributed by atoms with Crippen LogP contribution in [0.3, 0.4) is 0 Å². The molecule has 1 aliphatic rings. The van der Waals surface area contributed by atoms with Crippen LogP contribution >= 0.6 is 0 Å². The summed E-state index contributed by atoms with van der Waals surface area (Å²) in [6.07, 6.45) is 7.58. The summed E-state index contributed by atoms with van der Waals surface area (Å²) in [6, 6.07) is 4.41. The number of aromatic nitrogens is 2. The lowest BCUT2D eigenvalue weighted by molar-refractivity contribution is 0.241. The lowest BCUT2D eigenvalue weighted by atomic mass is 9.79. The van der Waals surface area contributed by atoms with Crippen molar-refractivity contribution in [2.24, 2.45) is 0 Å². The van der Waals surface area contributed by atoms with Crippen LogP contribution in [0.1, 0.15) is 49.1 Å². The molecule has 1 heterocycles. The number of nitrogens with one attached hydrogen (secondary N) is 2. The summed E-state index contributed by atoms with van der Waals surface area (Å²) in [6.45, 7) is 4.31. The summed E-state index contributed by atoms with van der Waals surface area (Å²) in [7, 11) is 2.10. The molecule has 1 fully saturated rings. The van der Waals surface area contributed by atoms with Crippen LogP contribution in [0, 0.1) is 13.8 Å². The van der Waals surface area contributed by atoms with Gasteiger partial charge in [0.05, 0.1) is 11.0 Å². The first kappa shape index (κ1) is 13.6. The Balaban J connectivity index is 1.90. The van der Waals surface area contributed by atoms with E-state index in [4.69, 9.17) is 4.98 Å². The Bertz CT molecular complexity index is 567. The van der Waals surface area contributed by atoms with Gasteiger partial charge in [0.1, 0.15) is 5.82 Å². The van der Waals surface area contributed by atoms with E-state index in [1.807, 2.05) is 0 Å². The van der Waals surface area contributed by atoms with Gasteiger partial charge in [0.25, 0.3) is 0 Å². The number of imidazole rings is 1. The van der Waals surface area contributed by atoms with Crippen molar-refractivity contribution in [2.45, 2.75) is 57.9 Å². The largest absolute Gasteiger partial charge is 0.342 e. The maximum Gasteiger partial charge on any atom is 0.109 e. The van der Waals surface area contributed by atoms with Crippen LogP contribution in [0.4, 0.5) is 0 Å². The topological polar surface area (TPSA) is 40.7 Å². The summed E-state index contributed by atoms with van der Waals surface area (Å²) >= 11 is 0. The summed E-state index contributed by atoms with van der Waals surface area (Å²) < 4.78 is 0. The smallest absolute Gasteiger partial charge is 0.109 e. The molecular weight excluding hydrogens is 246 g/mol. The summed E-state index contributed by atoms with van der Waals surface area (Å²) in [5.74, 6) is 1.13. The molecule has 0 spiro atoms. The third kappa shape index (κ3) is 2.47. The Labute approximate surface area is 121 Å². The second-order valence-electron chi connectivity index (χ2n) is 6.40. The van der Waals surface area contributed by atoms with Crippen molar-refractivity contribution in [3.8, 4) is 0 Å². The van der Waals surface area contributed by atoms with Gasteiger partial charge in [-0.2, -0.15) is 0 Å². The zero-order valence-corrected chi connectivity index (χ0v) is 12.8. The van der Waals surface area contributed by atoms with Crippen LogP contribution in [0.25, 0.3) is 11.0 Å². The number of likely N-dealkylation sites (N-methyl/N-ethyl adjacent to an activating group) is 1. The maximum atomic E-state index is 4.81. The van der Waals surface area contributed by atoms with E-state index in [-0.39, 0.29) is 5.54 Å². The van der Waals surface area contributed by atoms with E-state index in [0.717, 1.165) is 17.8 Å². The number of hydrogen-bond acceptors (Lipinski definition) is 2. The number of nitrogens with zero attached hydrogens (tertiary/aromatic N) is 1. The number of benzene rings is 1. The van der Waals surface area contributed by atoms with Crippen LogP contribution in [-0.4, -0.2) is 22.6 Å². The number of rotatable bonds is 3. The minimum absolute atomic E-state index is 0.246. The summed E-state index contributed by atoms with van der Waals surface area (Å²) in [5.41, 5.74) is 5.16. The molecule has 108 valence electrons. The molecule has 20 heavy (non-hydrogen) atoms. The lowest BCUT2D eigenvalue weighted by Crippen LogP contribution is -2.46. The van der Waals surface area contributed by atoms with Crippen LogP contribution in [-0.2, 0) is 6.42 Å². The number of fused-ring (bicyclic) bond motifs is 1. The maximum absolute atomic E-state index is 4.81. The lowest BCUT2D eigenvalue weighted by Gasteiger charge is -2.36. The first-order valence-corrected chi connectivity index (χ1v) is 7.77. The van der Waals surface area contributed by atoms with E-state index < -0.39 is 0 Å². The predicted octanol–water partition coefficient (Wildman–Crippen LogP) is 3.64. The molecule has 3 nitrogen and oxygen atoms in total. The molecule has 1 aliphatic carbocycles. The van der Waals surface area contributed by atoms with Crippen LogP contribution in [0.2, 0.25) is 0 Å². The molecule has 2 N–H and O–H groups in total. The normalized spacial score (nSPS) is 18.6. The molecule has 0 radical (unpaired) electrons. The average molecular weight is 271 g/mol. The molecule has 1 saturated carbocycles. The summed E-state index contributed by atoms with van der Waals surface area (Å²) in [4.78, 5) is 8.33. The number of aromatic amines is 1. The second-order valence-corrected chi connectivity index (χ2v) is 6.40. The molecule has 1 aromatic carbocycles. The van der Waals surface area contributed by atoms with Gasteiger partial charge in [-0.15, -0.1) is 0 Å². The fourth-order valence-corrected chi connectivity index (χ4v) is 3.47. The van der Waals surface area contributed by atoms with Gasteiger partial charge in [0.2, 0.25) is 0 Å². The minimum atomic E-state index is 0.246. The predicted molar refractivity (Wildman–Crippen MR) is 84.1 cm³/mol. The van der Waals surface area contributed by atoms with Crippen molar-refractivity contribution in [1.82, 2.24) is 15.3 Å². The van der Waals surface area contributed by atoms with Crippen LogP contribution in [0.5, 0.6) is 0 Å². The molecule has 0 atom stereocenters. The standard InChI is InChI=1S/C17H25N3/c1-12-9-14-15(10-13(12)2)20-16(19-14)11-17(18-3)7-5-4-6-8-17/h9-10,18H,4-8,11H2,1-3H3,(H,19,20). The van der Waals surface area contributed by atoms with Gasteiger partial charge in [-0.3, -0.25) is 0 Å². The third-order valence-electron chi connectivity index (χ3n) is 4.99. The minimum Gasteiger partial charge on any atom is -0.342 e. The van der Waals surface area contributed by atoms with Gasteiger partial charge >= 0.3 is 0 Å². The highest BCUT2D eigenvalue weighted by molar-refractivity contribution is 5.77. The molecule has 0 saturated heterocycles. The molecule has 2 aromatic rings. The number of H-pyrrole nitrogens is 1. The molecule has 0 aliphatic heterocycles. The van der Waals surface area contributed by atoms with E-state index in [1.165, 1.54) is 48.7 Å². The second kappa shape index (κ2) is 5.21. The Morgan fingerprint density at radius 2 is 1.85 bits per heavy atom. The van der Waals surface area contributed by atoms with E-state index in [1.54, 1.807) is 0 Å². The van der Waals surface area contributed by atoms with Gasteiger partial charge in [0, 0.05) is 12.0 Å². The van der Waals surface area contributed by atoms with Gasteiger partial charge in [-0.05, 0) is 57.0 Å². The van der Waals surface area contributed by atoms with Crippen molar-refractivity contribution in [3.05, 3.63) is 29.1 Å². The van der Waals surface area contributed by atoms with E-state index >= 15 is 0 Å². The fraction of sp³-hybridized carbons (Fsp3) is 0.588.